The average Bonchev–Trinajstić information content (AvgIpc) is 3.73. The van der Waals surface area contributed by atoms with Crippen LogP contribution in [-0.4, -0.2) is 0 Å². The Morgan fingerprint density at radius 1 is 0.385 bits per heavy atom. The van der Waals surface area contributed by atoms with Crippen LogP contribution >= 0.6 is 0 Å². The van der Waals surface area contributed by atoms with E-state index < -0.39 is 84.6 Å². The highest BCUT2D eigenvalue weighted by molar-refractivity contribution is 6.19. The second-order valence-corrected chi connectivity index (χ2v) is 12.1. The molecule has 0 N–H and O–H groups in total. The molecule has 9 aromatic carbocycles. The van der Waals surface area contributed by atoms with Crippen molar-refractivity contribution in [1.29, 1.82) is 0 Å². The maximum atomic E-state index is 9.59. The molecule has 0 aliphatic rings. The standard InChI is InChI=1S/C50H33NO/c1-2-10-34(11-3-1)35-20-26-41(27-21-35)51(43-15-8-14-39(33-43)45-18-9-13-37-12-4-5-16-44(37)45)42-28-22-36(23-29-42)38-24-30-46-40(32-38)25-31-49-50(46)47-17-6-7-19-48(47)52-49/h1-33H/i1D,2D,3D,4D,5D,9D,10D,11D,12D,13D,16D,18D,22D,23D,28D,29D. The number of anilines is 3. The van der Waals surface area contributed by atoms with Gasteiger partial charge in [-0.15, -0.1) is 0 Å². The zero-order valence-corrected chi connectivity index (χ0v) is 27.2. The molecule has 0 fully saturated rings. The van der Waals surface area contributed by atoms with E-state index in [1.807, 2.05) is 42.5 Å². The summed E-state index contributed by atoms with van der Waals surface area (Å²) < 4.78 is 146. The Morgan fingerprint density at radius 3 is 2.04 bits per heavy atom. The highest BCUT2D eigenvalue weighted by atomic mass is 16.3. The average molecular weight is 680 g/mol. The topological polar surface area (TPSA) is 16.4 Å². The van der Waals surface area contributed by atoms with Gasteiger partial charge in [-0.25, -0.2) is 0 Å². The van der Waals surface area contributed by atoms with Crippen molar-refractivity contribution in [2.45, 2.75) is 0 Å². The number of rotatable bonds is 6. The Bertz CT molecular complexity index is 3760. The summed E-state index contributed by atoms with van der Waals surface area (Å²) in [5.41, 5.74) is 2.41. The fourth-order valence-electron chi connectivity index (χ4n) is 6.68. The van der Waals surface area contributed by atoms with Crippen LogP contribution in [0.25, 0.3) is 76.9 Å². The molecule has 0 unspecified atom stereocenters. The second kappa shape index (κ2) is 12.5. The predicted octanol–water partition coefficient (Wildman–Crippen LogP) is 14.4. The molecule has 52 heavy (non-hydrogen) atoms. The lowest BCUT2D eigenvalue weighted by Gasteiger charge is -2.26. The van der Waals surface area contributed by atoms with E-state index >= 15 is 0 Å². The monoisotopic (exact) mass is 679 g/mol. The molecule has 0 aliphatic carbocycles. The Balaban J connectivity index is 1.19. The smallest absolute Gasteiger partial charge is 0.136 e. The van der Waals surface area contributed by atoms with E-state index in [1.165, 1.54) is 35.2 Å². The van der Waals surface area contributed by atoms with Crippen LogP contribution in [0, 0.1) is 0 Å². The van der Waals surface area contributed by atoms with Crippen LogP contribution in [0.5, 0.6) is 0 Å². The van der Waals surface area contributed by atoms with Crippen molar-refractivity contribution in [1.82, 2.24) is 0 Å². The van der Waals surface area contributed by atoms with Gasteiger partial charge in [-0.1, -0.05) is 145 Å². The molecular weight excluding hydrogens is 631 g/mol. The van der Waals surface area contributed by atoms with Crippen molar-refractivity contribution >= 4 is 60.5 Å². The molecule has 0 amide bonds. The summed E-state index contributed by atoms with van der Waals surface area (Å²) in [5, 5.41) is 3.07. The molecule has 10 aromatic rings. The first-order valence-corrected chi connectivity index (χ1v) is 16.4. The van der Waals surface area contributed by atoms with E-state index in [4.69, 9.17) is 20.9 Å². The number of hydrogen-bond acceptors (Lipinski definition) is 2. The lowest BCUT2D eigenvalue weighted by molar-refractivity contribution is 0.669. The van der Waals surface area contributed by atoms with Crippen molar-refractivity contribution in [3.05, 3.63) is 200 Å². The number of benzene rings is 9. The molecule has 244 valence electrons. The van der Waals surface area contributed by atoms with Crippen molar-refractivity contribution in [3.8, 4) is 33.4 Å². The molecule has 0 bridgehead atoms. The number of fused-ring (bicyclic) bond motifs is 6. The molecule has 1 aromatic heterocycles. The fourth-order valence-corrected chi connectivity index (χ4v) is 6.68. The van der Waals surface area contributed by atoms with Gasteiger partial charge in [0.2, 0.25) is 0 Å². The summed E-state index contributed by atoms with van der Waals surface area (Å²) in [7, 11) is 0. The summed E-state index contributed by atoms with van der Waals surface area (Å²) in [6.45, 7) is 0. The molecule has 0 aliphatic heterocycles. The molecule has 0 saturated heterocycles. The third-order valence-corrected chi connectivity index (χ3v) is 9.10. The molecule has 0 spiro atoms. The number of furan rings is 1. The first-order chi connectivity index (χ1) is 32.4. The molecule has 0 radical (unpaired) electrons. The van der Waals surface area contributed by atoms with Crippen LogP contribution in [0.2, 0.25) is 0 Å². The van der Waals surface area contributed by atoms with E-state index in [1.54, 1.807) is 30.3 Å². The van der Waals surface area contributed by atoms with Gasteiger partial charge in [-0.05, 0) is 109 Å². The Hall–Kier alpha value is -6.90. The first kappa shape index (κ1) is 17.8. The van der Waals surface area contributed by atoms with E-state index in [2.05, 4.69) is 0 Å². The van der Waals surface area contributed by atoms with E-state index in [-0.39, 0.29) is 67.7 Å². The van der Waals surface area contributed by atoms with Gasteiger partial charge in [0.15, 0.2) is 0 Å². The highest BCUT2D eigenvalue weighted by Crippen LogP contribution is 2.40. The van der Waals surface area contributed by atoms with Gasteiger partial charge < -0.3 is 9.32 Å². The maximum absolute atomic E-state index is 9.59. The Labute approximate surface area is 324 Å². The summed E-state index contributed by atoms with van der Waals surface area (Å²) >= 11 is 0. The van der Waals surface area contributed by atoms with Gasteiger partial charge in [0.25, 0.3) is 0 Å². The molecule has 1 heterocycles. The van der Waals surface area contributed by atoms with E-state index in [0.29, 0.717) is 11.1 Å². The zero-order chi connectivity index (χ0) is 48.4. The van der Waals surface area contributed by atoms with Gasteiger partial charge in [0.05, 0.1) is 21.9 Å². The second-order valence-electron chi connectivity index (χ2n) is 12.1. The third-order valence-electron chi connectivity index (χ3n) is 9.10. The highest BCUT2D eigenvalue weighted by Gasteiger charge is 2.16. The number of hydrogen-bond donors (Lipinski definition) is 0. The molecule has 2 nitrogen and oxygen atoms in total. The van der Waals surface area contributed by atoms with Crippen LogP contribution in [0.1, 0.15) is 21.9 Å². The summed E-state index contributed by atoms with van der Waals surface area (Å²) in [6, 6.07) is 21.2. The summed E-state index contributed by atoms with van der Waals surface area (Å²) in [5.74, 6) is 0. The minimum Gasteiger partial charge on any atom is -0.456 e. The molecule has 10 rings (SSSR count). The fraction of sp³-hybridized carbons (Fsp3) is 0. The number of para-hydroxylation sites is 1. The van der Waals surface area contributed by atoms with Gasteiger partial charge in [-0.2, -0.15) is 0 Å². The van der Waals surface area contributed by atoms with Gasteiger partial charge in [0.1, 0.15) is 11.2 Å². The van der Waals surface area contributed by atoms with Crippen LogP contribution in [0.4, 0.5) is 17.1 Å². The first-order valence-electron chi connectivity index (χ1n) is 24.4. The lowest BCUT2D eigenvalue weighted by Crippen LogP contribution is -2.10. The largest absolute Gasteiger partial charge is 0.456 e. The molecule has 0 atom stereocenters. The normalized spacial score (nSPS) is 15.8. The summed E-state index contributed by atoms with van der Waals surface area (Å²) in [6.07, 6.45) is 0. The quantitative estimate of drug-likeness (QED) is 0.174. The zero-order valence-electron chi connectivity index (χ0n) is 43.2. The lowest BCUT2D eigenvalue weighted by atomic mass is 9.97. The van der Waals surface area contributed by atoms with Crippen LogP contribution in [-0.2, 0) is 0 Å². The minimum atomic E-state index is -0.606. The van der Waals surface area contributed by atoms with Crippen LogP contribution in [0.3, 0.4) is 0 Å². The Morgan fingerprint density at radius 2 is 1.15 bits per heavy atom. The maximum Gasteiger partial charge on any atom is 0.136 e. The van der Waals surface area contributed by atoms with Crippen LogP contribution < -0.4 is 4.90 Å². The molecule has 2 heteroatoms. The number of nitrogens with zero attached hydrogens (tertiary/aromatic N) is 1. The van der Waals surface area contributed by atoms with E-state index in [9.17, 15) is 5.48 Å². The van der Waals surface area contributed by atoms with Crippen LogP contribution in [0.15, 0.2) is 204 Å². The SMILES string of the molecule is [2H]c1c([2H])c([2H])c(-c2ccc(N(c3cccc(-c4c([2H])c([2H])c([2H])c5c([2H])c([2H])c([2H])c([2H])c45)c3)c3c([2H])c([2H])c(-c4ccc5c(ccc6oc7ccccc7c65)c4)c([2H])c3[2H])cc2)c([2H])c1[2H]. The predicted molar refractivity (Wildman–Crippen MR) is 220 cm³/mol. The van der Waals surface area contributed by atoms with Gasteiger partial charge in [0, 0.05) is 27.8 Å². The van der Waals surface area contributed by atoms with Crippen molar-refractivity contribution < 1.29 is 26.3 Å². The molecule has 0 saturated carbocycles. The van der Waals surface area contributed by atoms with Crippen molar-refractivity contribution in [2.75, 3.05) is 4.90 Å². The molecular formula is C50H33NO. The third kappa shape index (κ3) is 5.21. The van der Waals surface area contributed by atoms with Gasteiger partial charge >= 0.3 is 0 Å². The Kier molecular flexibility index (Phi) is 4.28. The van der Waals surface area contributed by atoms with E-state index in [0.717, 1.165) is 27.1 Å². The summed E-state index contributed by atoms with van der Waals surface area (Å²) in [4.78, 5) is 1.43. The van der Waals surface area contributed by atoms with Gasteiger partial charge in [-0.3, -0.25) is 0 Å². The minimum absolute atomic E-state index is 0.0333. The van der Waals surface area contributed by atoms with Crippen molar-refractivity contribution in [2.24, 2.45) is 0 Å². The van der Waals surface area contributed by atoms with Crippen molar-refractivity contribution in [3.63, 3.8) is 0 Å².